The van der Waals surface area contributed by atoms with Gasteiger partial charge in [-0.3, -0.25) is 9.48 Å². The number of halogens is 1. The van der Waals surface area contributed by atoms with Crippen LogP contribution in [0.25, 0.3) is 11.0 Å². The number of nitrogens with zero attached hydrogens (tertiary/aromatic N) is 2. The first-order valence-electron chi connectivity index (χ1n) is 6.27. The molecule has 3 rings (SSSR count). The maximum absolute atomic E-state index is 12.4. The summed E-state index contributed by atoms with van der Waals surface area (Å²) in [5.41, 5.74) is 3.16. The number of aromatic nitrogens is 2. The number of carbonyl (C=O) groups excluding carboxylic acids is 1. The molecule has 0 amide bonds. The van der Waals surface area contributed by atoms with Crippen molar-refractivity contribution in [3.63, 3.8) is 0 Å². The van der Waals surface area contributed by atoms with E-state index in [1.807, 2.05) is 38.1 Å². The highest BCUT2D eigenvalue weighted by atomic mass is 79.9. The van der Waals surface area contributed by atoms with Gasteiger partial charge in [-0.25, -0.2) is 0 Å². The zero-order chi connectivity index (χ0) is 14.3. The summed E-state index contributed by atoms with van der Waals surface area (Å²) in [6.07, 6.45) is 1.52. The third-order valence-corrected chi connectivity index (χ3v) is 4.52. The Morgan fingerprint density at radius 1 is 1.35 bits per heavy atom. The monoisotopic (exact) mass is 332 g/mol. The van der Waals surface area contributed by atoms with Crippen LogP contribution in [0.2, 0.25) is 0 Å². The minimum atomic E-state index is -0.00644. The highest BCUT2D eigenvalue weighted by Gasteiger charge is 2.17. The lowest BCUT2D eigenvalue weighted by Gasteiger charge is -2.02. The molecule has 5 heteroatoms. The smallest absolute Gasteiger partial charge is 0.188 e. The average molecular weight is 333 g/mol. The molecule has 2 heterocycles. The summed E-state index contributed by atoms with van der Waals surface area (Å²) >= 11 is 3.47. The van der Waals surface area contributed by atoms with E-state index in [0.717, 1.165) is 26.8 Å². The van der Waals surface area contributed by atoms with E-state index < -0.39 is 0 Å². The molecule has 3 aromatic rings. The number of Topliss-reactive ketones (excluding diaryl/α,β-unsaturated/α-hetero) is 1. The fourth-order valence-electron chi connectivity index (χ4n) is 2.24. The molecule has 1 aromatic carbocycles. The second kappa shape index (κ2) is 4.90. The third-order valence-electron chi connectivity index (χ3n) is 3.37. The van der Waals surface area contributed by atoms with E-state index in [0.29, 0.717) is 5.56 Å². The first-order chi connectivity index (χ1) is 9.58. The Morgan fingerprint density at radius 2 is 2.10 bits per heavy atom. The van der Waals surface area contributed by atoms with Gasteiger partial charge in [0.25, 0.3) is 0 Å². The predicted octanol–water partition coefficient (Wildman–Crippen LogP) is 3.89. The van der Waals surface area contributed by atoms with E-state index in [4.69, 9.17) is 4.42 Å². The van der Waals surface area contributed by atoms with E-state index in [-0.39, 0.29) is 12.3 Å². The van der Waals surface area contributed by atoms with E-state index >= 15 is 0 Å². The zero-order valence-electron chi connectivity index (χ0n) is 11.2. The topological polar surface area (TPSA) is 48.0 Å². The maximum Gasteiger partial charge on any atom is 0.188 e. The lowest BCUT2D eigenvalue weighted by molar-refractivity contribution is 0.0967. The molecular weight excluding hydrogens is 320 g/mol. The third kappa shape index (κ3) is 2.08. The van der Waals surface area contributed by atoms with Crippen molar-refractivity contribution in [1.29, 1.82) is 0 Å². The molecule has 0 aliphatic rings. The molecule has 0 aliphatic carbocycles. The van der Waals surface area contributed by atoms with Crippen molar-refractivity contribution in [3.05, 3.63) is 52.0 Å². The molecule has 0 saturated carbocycles. The van der Waals surface area contributed by atoms with Crippen LogP contribution >= 0.6 is 15.9 Å². The Bertz CT molecular complexity index is 801. The van der Waals surface area contributed by atoms with Crippen LogP contribution in [0.5, 0.6) is 0 Å². The summed E-state index contributed by atoms with van der Waals surface area (Å²) in [5.74, 6) is -0.00644. The molecule has 20 heavy (non-hydrogen) atoms. The fourth-order valence-corrected chi connectivity index (χ4v) is 2.53. The molecule has 102 valence electrons. The van der Waals surface area contributed by atoms with Gasteiger partial charge in [-0.1, -0.05) is 18.2 Å². The van der Waals surface area contributed by atoms with Crippen LogP contribution in [-0.2, 0) is 6.54 Å². The zero-order valence-corrected chi connectivity index (χ0v) is 12.8. The molecule has 0 bridgehead atoms. The second-order valence-electron chi connectivity index (χ2n) is 4.71. The van der Waals surface area contributed by atoms with Gasteiger partial charge < -0.3 is 4.42 Å². The highest BCUT2D eigenvalue weighted by molar-refractivity contribution is 9.10. The van der Waals surface area contributed by atoms with Gasteiger partial charge in [-0.2, -0.15) is 5.10 Å². The molecule has 0 unspecified atom stereocenters. The van der Waals surface area contributed by atoms with E-state index in [1.54, 1.807) is 4.68 Å². The lowest BCUT2D eigenvalue weighted by Crippen LogP contribution is -2.12. The van der Waals surface area contributed by atoms with Crippen LogP contribution < -0.4 is 0 Å². The average Bonchev–Trinajstić information content (AvgIpc) is 2.97. The number of ketones is 1. The number of benzene rings is 1. The summed E-state index contributed by atoms with van der Waals surface area (Å²) in [6, 6.07) is 7.53. The van der Waals surface area contributed by atoms with Crippen LogP contribution in [0.1, 0.15) is 21.7 Å². The Balaban J connectivity index is 1.95. The first kappa shape index (κ1) is 13.1. The summed E-state index contributed by atoms with van der Waals surface area (Å²) in [7, 11) is 0. The van der Waals surface area contributed by atoms with Gasteiger partial charge in [0.2, 0.25) is 0 Å². The van der Waals surface area contributed by atoms with Crippen LogP contribution in [0.15, 0.2) is 39.4 Å². The number of furan rings is 1. The number of carbonyl (C=O) groups is 1. The highest BCUT2D eigenvalue weighted by Crippen LogP contribution is 2.23. The molecule has 0 radical (unpaired) electrons. The van der Waals surface area contributed by atoms with Crippen molar-refractivity contribution < 1.29 is 9.21 Å². The SMILES string of the molecule is Cc1nn(CC(=O)c2coc3ccccc23)c(C)c1Br. The quantitative estimate of drug-likeness (QED) is 0.683. The van der Waals surface area contributed by atoms with Crippen molar-refractivity contribution in [2.24, 2.45) is 0 Å². The standard InChI is InChI=1S/C15H13BrN2O2/c1-9-15(16)10(2)18(17-9)7-13(19)12-8-20-14-6-4-3-5-11(12)14/h3-6,8H,7H2,1-2H3. The molecule has 0 fully saturated rings. The van der Waals surface area contributed by atoms with Gasteiger partial charge in [0.05, 0.1) is 21.4 Å². The van der Waals surface area contributed by atoms with Crippen molar-refractivity contribution >= 4 is 32.7 Å². The van der Waals surface area contributed by atoms with Gasteiger partial charge in [-0.15, -0.1) is 0 Å². The van der Waals surface area contributed by atoms with E-state index in [9.17, 15) is 4.79 Å². The number of fused-ring (bicyclic) bond motifs is 1. The maximum atomic E-state index is 12.4. The molecule has 0 N–H and O–H groups in total. The predicted molar refractivity (Wildman–Crippen MR) is 79.9 cm³/mol. The molecule has 4 nitrogen and oxygen atoms in total. The largest absolute Gasteiger partial charge is 0.464 e. The Hall–Kier alpha value is -1.88. The fraction of sp³-hybridized carbons (Fsp3) is 0.200. The van der Waals surface area contributed by atoms with Gasteiger partial charge >= 0.3 is 0 Å². The Labute approximate surface area is 124 Å². The van der Waals surface area contributed by atoms with Crippen LogP contribution in [-0.4, -0.2) is 15.6 Å². The normalized spacial score (nSPS) is 11.2. The summed E-state index contributed by atoms with van der Waals surface area (Å²) in [4.78, 5) is 12.4. The number of hydrogen-bond donors (Lipinski definition) is 0. The van der Waals surface area contributed by atoms with Gasteiger partial charge in [0, 0.05) is 5.39 Å². The van der Waals surface area contributed by atoms with Crippen LogP contribution in [0, 0.1) is 13.8 Å². The first-order valence-corrected chi connectivity index (χ1v) is 7.06. The van der Waals surface area contributed by atoms with Crippen LogP contribution in [0.3, 0.4) is 0 Å². The molecule has 0 spiro atoms. The van der Waals surface area contributed by atoms with Crippen molar-refractivity contribution in [1.82, 2.24) is 9.78 Å². The minimum absolute atomic E-state index is 0.00644. The summed E-state index contributed by atoms with van der Waals surface area (Å²) in [5, 5.41) is 5.20. The molecule has 0 saturated heterocycles. The number of aryl methyl sites for hydroxylation is 1. The Morgan fingerprint density at radius 3 is 2.80 bits per heavy atom. The van der Waals surface area contributed by atoms with Crippen molar-refractivity contribution in [2.45, 2.75) is 20.4 Å². The van der Waals surface area contributed by atoms with E-state index in [1.165, 1.54) is 6.26 Å². The van der Waals surface area contributed by atoms with Crippen molar-refractivity contribution in [2.75, 3.05) is 0 Å². The van der Waals surface area contributed by atoms with Gasteiger partial charge in [0.15, 0.2) is 5.78 Å². The van der Waals surface area contributed by atoms with Crippen LogP contribution in [0.4, 0.5) is 0 Å². The molecule has 0 atom stereocenters. The minimum Gasteiger partial charge on any atom is -0.464 e. The Kier molecular flexibility index (Phi) is 3.22. The van der Waals surface area contributed by atoms with E-state index in [2.05, 4.69) is 21.0 Å². The summed E-state index contributed by atoms with van der Waals surface area (Å²) < 4.78 is 8.07. The number of para-hydroxylation sites is 1. The molecular formula is C15H13BrN2O2. The van der Waals surface area contributed by atoms with Gasteiger partial charge in [-0.05, 0) is 35.8 Å². The molecule has 2 aromatic heterocycles. The second-order valence-corrected chi connectivity index (χ2v) is 5.50. The molecule has 0 aliphatic heterocycles. The summed E-state index contributed by atoms with van der Waals surface area (Å²) in [6.45, 7) is 4.05. The number of rotatable bonds is 3. The number of hydrogen-bond acceptors (Lipinski definition) is 3. The lowest BCUT2D eigenvalue weighted by atomic mass is 10.1. The van der Waals surface area contributed by atoms with Gasteiger partial charge in [0.1, 0.15) is 18.4 Å². The van der Waals surface area contributed by atoms with Crippen molar-refractivity contribution in [3.8, 4) is 0 Å².